The van der Waals surface area contributed by atoms with Crippen molar-refractivity contribution in [2.24, 2.45) is 17.6 Å². The number of hydrogen-bond acceptors (Lipinski definition) is 7. The van der Waals surface area contributed by atoms with Crippen molar-refractivity contribution in [3.05, 3.63) is 46.5 Å². The first-order chi connectivity index (χ1) is 15.0. The molecule has 0 amide bonds. The molecule has 0 radical (unpaired) electrons. The molecule has 6 rings (SSSR count). The van der Waals surface area contributed by atoms with E-state index in [0.717, 1.165) is 46.0 Å². The van der Waals surface area contributed by atoms with Crippen molar-refractivity contribution in [2.75, 3.05) is 18.0 Å². The number of nitrogens with two attached hydrogens (primary N) is 1. The fourth-order valence-electron chi connectivity index (χ4n) is 4.56. The number of hydrogen-bond donors (Lipinski definition) is 2. The fourth-order valence-corrected chi connectivity index (χ4v) is 5.71. The summed E-state index contributed by atoms with van der Waals surface area (Å²) in [6.07, 6.45) is 3.99. The molecule has 158 valence electrons. The molecule has 1 saturated carbocycles. The average Bonchev–Trinajstić information content (AvgIpc) is 3.09. The summed E-state index contributed by atoms with van der Waals surface area (Å²) in [4.78, 5) is 20.2. The first-order valence-electron chi connectivity index (χ1n) is 10.3. The first kappa shape index (κ1) is 19.1. The quantitative estimate of drug-likeness (QED) is 0.277. The lowest BCUT2D eigenvalue weighted by Crippen LogP contribution is -2.29. The van der Waals surface area contributed by atoms with Crippen LogP contribution in [0.3, 0.4) is 0 Å². The van der Waals surface area contributed by atoms with E-state index in [4.69, 9.17) is 27.3 Å². The van der Waals surface area contributed by atoms with E-state index in [9.17, 15) is 5.21 Å². The van der Waals surface area contributed by atoms with Gasteiger partial charge in [0.1, 0.15) is 17.0 Å². The topological polar surface area (TPSA) is 111 Å². The third-order valence-corrected chi connectivity index (χ3v) is 7.56. The van der Waals surface area contributed by atoms with Crippen molar-refractivity contribution in [1.29, 1.82) is 0 Å². The van der Waals surface area contributed by atoms with E-state index in [1.165, 1.54) is 18.0 Å². The van der Waals surface area contributed by atoms with Crippen molar-refractivity contribution in [1.82, 2.24) is 19.9 Å². The van der Waals surface area contributed by atoms with Gasteiger partial charge in [-0.3, -0.25) is 0 Å². The monoisotopic (exact) mass is 453 g/mol. The first-order valence-corrected chi connectivity index (χ1v) is 11.5. The van der Waals surface area contributed by atoms with Crippen LogP contribution in [0.1, 0.15) is 12.6 Å². The molecule has 0 bridgehead atoms. The molecule has 4 aromatic rings. The molecule has 2 atom stereocenters. The molecule has 2 aliphatic rings. The average molecular weight is 454 g/mol. The number of aromatic amines is 1. The normalized spacial score (nSPS) is 22.4. The second kappa shape index (κ2) is 6.94. The highest BCUT2D eigenvalue weighted by Crippen LogP contribution is 2.47. The summed E-state index contributed by atoms with van der Waals surface area (Å²) < 4.78 is 0.834. The number of pyridine rings is 2. The Hall–Kier alpha value is -2.62. The lowest BCUT2D eigenvalue weighted by Gasteiger charge is -2.21. The molecule has 4 aromatic heterocycles. The van der Waals surface area contributed by atoms with E-state index in [1.54, 1.807) is 18.3 Å². The highest BCUT2D eigenvalue weighted by molar-refractivity contribution is 7.99. The van der Waals surface area contributed by atoms with E-state index in [0.29, 0.717) is 44.7 Å². The Labute approximate surface area is 187 Å². The van der Waals surface area contributed by atoms with Crippen molar-refractivity contribution in [3.8, 4) is 0 Å². The van der Waals surface area contributed by atoms with E-state index >= 15 is 0 Å². The molecule has 0 spiro atoms. The van der Waals surface area contributed by atoms with Gasteiger partial charge < -0.3 is 20.8 Å². The smallest absolute Gasteiger partial charge is 0.242 e. The summed E-state index contributed by atoms with van der Waals surface area (Å²) >= 11 is 8.04. The van der Waals surface area contributed by atoms with Crippen LogP contribution in [0.5, 0.6) is 0 Å². The Balaban J connectivity index is 1.44. The molecule has 0 aromatic carbocycles. The number of rotatable bonds is 4. The van der Waals surface area contributed by atoms with Crippen LogP contribution < -0.4 is 15.4 Å². The van der Waals surface area contributed by atoms with Crippen LogP contribution in [-0.2, 0) is 6.42 Å². The van der Waals surface area contributed by atoms with Gasteiger partial charge in [-0.1, -0.05) is 18.5 Å². The predicted molar refractivity (Wildman–Crippen MR) is 120 cm³/mol. The van der Waals surface area contributed by atoms with Crippen molar-refractivity contribution in [2.45, 2.75) is 29.4 Å². The zero-order valence-corrected chi connectivity index (χ0v) is 18.3. The zero-order valence-electron chi connectivity index (χ0n) is 16.7. The molecular formula is C21H20ClN7OS. The van der Waals surface area contributed by atoms with Crippen LogP contribution in [0.4, 0.5) is 5.82 Å². The molecule has 3 N–H and O–H groups in total. The van der Waals surface area contributed by atoms with Gasteiger partial charge in [0.25, 0.3) is 0 Å². The van der Waals surface area contributed by atoms with Gasteiger partial charge in [-0.05, 0) is 42.2 Å². The Bertz CT molecular complexity index is 1330. The summed E-state index contributed by atoms with van der Waals surface area (Å²) in [6.45, 7) is 3.81. The van der Waals surface area contributed by atoms with Crippen LogP contribution in [0.15, 0.2) is 40.6 Å². The van der Waals surface area contributed by atoms with Crippen molar-refractivity contribution < 1.29 is 4.73 Å². The minimum absolute atomic E-state index is 0.299. The summed E-state index contributed by atoms with van der Waals surface area (Å²) in [5, 5.41) is 14.5. The number of halogens is 1. The zero-order chi connectivity index (χ0) is 21.3. The van der Waals surface area contributed by atoms with Gasteiger partial charge in [0.05, 0.1) is 15.3 Å². The Morgan fingerprint density at radius 3 is 2.94 bits per heavy atom. The Kier molecular flexibility index (Phi) is 4.28. The maximum absolute atomic E-state index is 12.4. The van der Waals surface area contributed by atoms with E-state index < -0.39 is 0 Å². The molecule has 1 aliphatic heterocycles. The van der Waals surface area contributed by atoms with Crippen LogP contribution in [0, 0.1) is 17.0 Å². The lowest BCUT2D eigenvalue weighted by atomic mass is 10.2. The van der Waals surface area contributed by atoms with Crippen LogP contribution >= 0.6 is 23.4 Å². The largest absolute Gasteiger partial charge is 0.618 e. The van der Waals surface area contributed by atoms with Gasteiger partial charge >= 0.3 is 0 Å². The van der Waals surface area contributed by atoms with Gasteiger partial charge in [0.15, 0.2) is 11.4 Å². The third kappa shape index (κ3) is 3.02. The molecule has 5 heterocycles. The summed E-state index contributed by atoms with van der Waals surface area (Å²) in [7, 11) is 0. The van der Waals surface area contributed by atoms with Gasteiger partial charge in [-0.25, -0.2) is 15.0 Å². The van der Waals surface area contributed by atoms with E-state index in [-0.39, 0.29) is 0 Å². The molecule has 2 unspecified atom stereocenters. The number of H-pyrrole nitrogens is 1. The van der Waals surface area contributed by atoms with Gasteiger partial charge in [0.2, 0.25) is 5.52 Å². The molecular weight excluding hydrogens is 434 g/mol. The number of aryl methyl sites for hydroxylation is 1. The number of piperidine rings is 1. The number of aromatic nitrogens is 5. The molecule has 2 fully saturated rings. The number of nitrogens with zero attached hydrogens (tertiary/aromatic N) is 5. The highest BCUT2D eigenvalue weighted by Gasteiger charge is 2.54. The second-order valence-electron chi connectivity index (χ2n) is 8.15. The number of fused-ring (bicyclic) bond motifs is 3. The SMILES string of the molecule is CCc1[nH]c2nc(Sc3cc4ncccc4[n+]([O-])c3)nc(N3CC4C(N)C4C3)c2c1Cl. The number of nitrogens with one attached hydrogen (secondary N) is 1. The van der Waals surface area contributed by atoms with Gasteiger partial charge in [0, 0.05) is 37.1 Å². The minimum atomic E-state index is 0.299. The predicted octanol–water partition coefficient (Wildman–Crippen LogP) is 2.90. The maximum Gasteiger partial charge on any atom is 0.242 e. The Morgan fingerprint density at radius 2 is 2.16 bits per heavy atom. The molecule has 8 nitrogen and oxygen atoms in total. The van der Waals surface area contributed by atoms with E-state index in [2.05, 4.69) is 21.8 Å². The summed E-state index contributed by atoms with van der Waals surface area (Å²) in [6, 6.07) is 5.68. The van der Waals surface area contributed by atoms with E-state index in [1.807, 2.05) is 6.07 Å². The summed E-state index contributed by atoms with van der Waals surface area (Å²) in [5.41, 5.74) is 8.96. The molecule has 10 heteroatoms. The van der Waals surface area contributed by atoms with Gasteiger partial charge in [-0.15, -0.1) is 0 Å². The molecule has 1 saturated heterocycles. The van der Waals surface area contributed by atoms with Crippen LogP contribution in [0.25, 0.3) is 22.1 Å². The Morgan fingerprint density at radius 1 is 1.35 bits per heavy atom. The van der Waals surface area contributed by atoms with Crippen molar-refractivity contribution >= 4 is 51.2 Å². The third-order valence-electron chi connectivity index (χ3n) is 6.32. The number of anilines is 1. The molecule has 1 aliphatic carbocycles. The highest BCUT2D eigenvalue weighted by atomic mass is 35.5. The van der Waals surface area contributed by atoms with Crippen molar-refractivity contribution in [3.63, 3.8) is 0 Å². The van der Waals surface area contributed by atoms with Crippen LogP contribution in [-0.4, -0.2) is 39.1 Å². The molecule has 31 heavy (non-hydrogen) atoms. The summed E-state index contributed by atoms with van der Waals surface area (Å²) in [5.74, 6) is 1.88. The lowest BCUT2D eigenvalue weighted by molar-refractivity contribution is -0.579. The standard InChI is InChI=1S/C21H20ClN7OS/c1-2-13-17(22)16-19(25-13)26-21(27-20(16)28-8-11-12(9-28)18(11)23)31-10-6-14-15(29(30)7-10)4-3-5-24-14/h3-7,11-12,18H,2,8-9,23H2,1H3,(H,25,26,27). The minimum Gasteiger partial charge on any atom is -0.618 e. The fraction of sp³-hybridized carbons (Fsp3) is 0.333. The maximum atomic E-state index is 12.4. The van der Waals surface area contributed by atoms with Crippen LogP contribution in [0.2, 0.25) is 5.02 Å². The second-order valence-corrected chi connectivity index (χ2v) is 9.56. The van der Waals surface area contributed by atoms with Gasteiger partial charge in [-0.2, -0.15) is 4.73 Å².